The van der Waals surface area contributed by atoms with E-state index in [1.54, 1.807) is 0 Å². The standard InChI is InChI=1S/C14H9NO2/c16-8-11-9-17-15-14(11)13-7-3-5-10-4-1-2-6-12(10)13/h1-9H. The highest BCUT2D eigenvalue weighted by atomic mass is 16.5. The van der Waals surface area contributed by atoms with Crippen molar-refractivity contribution in [1.82, 2.24) is 5.16 Å². The smallest absolute Gasteiger partial charge is 0.155 e. The lowest BCUT2D eigenvalue weighted by atomic mass is 10.0. The van der Waals surface area contributed by atoms with E-state index in [0.29, 0.717) is 11.3 Å². The van der Waals surface area contributed by atoms with Crippen molar-refractivity contribution in [2.45, 2.75) is 0 Å². The molecule has 3 rings (SSSR count). The van der Waals surface area contributed by atoms with Crippen LogP contribution < -0.4 is 0 Å². The minimum atomic E-state index is 0.473. The van der Waals surface area contributed by atoms with Crippen LogP contribution in [0.4, 0.5) is 0 Å². The average Bonchev–Trinajstić information content (AvgIpc) is 2.86. The molecule has 1 heterocycles. The number of carbonyl (C=O) groups excluding carboxylic acids is 1. The van der Waals surface area contributed by atoms with Gasteiger partial charge in [-0.3, -0.25) is 4.79 Å². The Kier molecular flexibility index (Phi) is 2.22. The van der Waals surface area contributed by atoms with Gasteiger partial charge in [-0.25, -0.2) is 0 Å². The largest absolute Gasteiger partial charge is 0.363 e. The molecule has 0 radical (unpaired) electrons. The van der Waals surface area contributed by atoms with E-state index in [2.05, 4.69) is 5.16 Å². The first-order valence-electron chi connectivity index (χ1n) is 5.28. The fraction of sp³-hybridized carbons (Fsp3) is 0. The van der Waals surface area contributed by atoms with Gasteiger partial charge >= 0.3 is 0 Å². The van der Waals surface area contributed by atoms with Crippen LogP contribution in [0.5, 0.6) is 0 Å². The van der Waals surface area contributed by atoms with E-state index in [0.717, 1.165) is 22.6 Å². The molecule has 0 saturated carbocycles. The molecule has 17 heavy (non-hydrogen) atoms. The summed E-state index contributed by atoms with van der Waals surface area (Å²) in [6.07, 6.45) is 2.12. The Morgan fingerprint density at radius 2 is 1.88 bits per heavy atom. The number of aromatic nitrogens is 1. The zero-order chi connectivity index (χ0) is 11.7. The summed E-state index contributed by atoms with van der Waals surface area (Å²) in [5.41, 5.74) is 1.98. The molecule has 3 heteroatoms. The number of carbonyl (C=O) groups is 1. The summed E-state index contributed by atoms with van der Waals surface area (Å²) < 4.78 is 4.86. The summed E-state index contributed by atoms with van der Waals surface area (Å²) in [6.45, 7) is 0. The molecule has 0 atom stereocenters. The van der Waals surface area contributed by atoms with Crippen molar-refractivity contribution >= 4 is 17.1 Å². The summed E-state index contributed by atoms with van der Waals surface area (Å²) in [5, 5.41) is 6.08. The van der Waals surface area contributed by atoms with Gasteiger partial charge in [0.05, 0.1) is 5.56 Å². The van der Waals surface area contributed by atoms with Crippen molar-refractivity contribution < 1.29 is 9.32 Å². The second kappa shape index (κ2) is 3.87. The minimum absolute atomic E-state index is 0.473. The van der Waals surface area contributed by atoms with E-state index in [1.165, 1.54) is 6.26 Å². The van der Waals surface area contributed by atoms with Crippen LogP contribution in [0.15, 0.2) is 53.3 Å². The first kappa shape index (κ1) is 9.78. The van der Waals surface area contributed by atoms with Gasteiger partial charge in [0.1, 0.15) is 12.0 Å². The Labute approximate surface area is 97.7 Å². The fourth-order valence-electron chi connectivity index (χ4n) is 1.96. The number of hydrogen-bond donors (Lipinski definition) is 0. The highest BCUT2D eigenvalue weighted by Crippen LogP contribution is 2.29. The highest BCUT2D eigenvalue weighted by Gasteiger charge is 2.11. The molecule has 0 bridgehead atoms. The van der Waals surface area contributed by atoms with Crippen LogP contribution in [0.2, 0.25) is 0 Å². The van der Waals surface area contributed by atoms with Crippen molar-refractivity contribution in [3.63, 3.8) is 0 Å². The number of benzene rings is 2. The quantitative estimate of drug-likeness (QED) is 0.626. The van der Waals surface area contributed by atoms with Crippen LogP contribution in [0.1, 0.15) is 10.4 Å². The van der Waals surface area contributed by atoms with Crippen LogP contribution in [0.25, 0.3) is 22.0 Å². The number of aldehydes is 1. The van der Waals surface area contributed by atoms with Crippen molar-refractivity contribution in [1.29, 1.82) is 0 Å². The Balaban J connectivity index is 2.34. The summed E-state index contributed by atoms with van der Waals surface area (Å²) in [4.78, 5) is 10.9. The van der Waals surface area contributed by atoms with E-state index < -0.39 is 0 Å². The maximum atomic E-state index is 10.9. The summed E-state index contributed by atoms with van der Waals surface area (Å²) in [7, 11) is 0. The Bertz CT molecular complexity index is 680. The molecular formula is C14H9NO2. The molecule has 0 N–H and O–H groups in total. The normalized spacial score (nSPS) is 10.6. The molecule has 2 aromatic carbocycles. The molecule has 0 aliphatic rings. The lowest BCUT2D eigenvalue weighted by molar-refractivity contribution is 0.112. The zero-order valence-corrected chi connectivity index (χ0v) is 8.96. The van der Waals surface area contributed by atoms with E-state index >= 15 is 0 Å². The van der Waals surface area contributed by atoms with Crippen LogP contribution in [-0.2, 0) is 0 Å². The lowest BCUT2D eigenvalue weighted by Crippen LogP contribution is -1.85. The van der Waals surface area contributed by atoms with E-state index in [-0.39, 0.29) is 0 Å². The SMILES string of the molecule is O=Cc1conc1-c1cccc2ccccc12. The molecule has 0 aliphatic heterocycles. The van der Waals surface area contributed by atoms with Crippen LogP contribution in [-0.4, -0.2) is 11.4 Å². The van der Waals surface area contributed by atoms with Crippen molar-refractivity contribution in [3.05, 3.63) is 54.3 Å². The molecule has 0 saturated heterocycles. The third-order valence-corrected chi connectivity index (χ3v) is 2.77. The average molecular weight is 223 g/mol. The molecule has 0 amide bonds. The van der Waals surface area contributed by atoms with Gasteiger partial charge in [0.2, 0.25) is 0 Å². The summed E-state index contributed by atoms with van der Waals surface area (Å²) >= 11 is 0. The van der Waals surface area contributed by atoms with Crippen molar-refractivity contribution in [2.24, 2.45) is 0 Å². The zero-order valence-electron chi connectivity index (χ0n) is 8.96. The molecule has 0 fully saturated rings. The molecule has 0 spiro atoms. The fourth-order valence-corrected chi connectivity index (χ4v) is 1.96. The first-order valence-corrected chi connectivity index (χ1v) is 5.28. The number of fused-ring (bicyclic) bond motifs is 1. The molecule has 1 aromatic heterocycles. The predicted molar refractivity (Wildman–Crippen MR) is 64.8 cm³/mol. The third kappa shape index (κ3) is 1.52. The number of nitrogens with zero attached hydrogens (tertiary/aromatic N) is 1. The molecule has 0 unspecified atom stereocenters. The van der Waals surface area contributed by atoms with Crippen LogP contribution >= 0.6 is 0 Å². The summed E-state index contributed by atoms with van der Waals surface area (Å²) in [6, 6.07) is 13.9. The van der Waals surface area contributed by atoms with Gasteiger partial charge in [-0.1, -0.05) is 47.6 Å². The maximum absolute atomic E-state index is 10.9. The topological polar surface area (TPSA) is 43.1 Å². The number of hydrogen-bond acceptors (Lipinski definition) is 3. The van der Waals surface area contributed by atoms with Gasteiger partial charge in [-0.05, 0) is 10.8 Å². The molecule has 82 valence electrons. The van der Waals surface area contributed by atoms with Gasteiger partial charge in [-0.15, -0.1) is 0 Å². The minimum Gasteiger partial charge on any atom is -0.363 e. The molecule has 3 aromatic rings. The Hall–Kier alpha value is -2.42. The van der Waals surface area contributed by atoms with Gasteiger partial charge in [0.15, 0.2) is 6.29 Å². The van der Waals surface area contributed by atoms with Crippen LogP contribution in [0, 0.1) is 0 Å². The second-order valence-electron chi connectivity index (χ2n) is 3.76. The first-order chi connectivity index (χ1) is 8.40. The lowest BCUT2D eigenvalue weighted by Gasteiger charge is -2.03. The van der Waals surface area contributed by atoms with Gasteiger partial charge in [0.25, 0.3) is 0 Å². The van der Waals surface area contributed by atoms with E-state index in [4.69, 9.17) is 4.52 Å². The predicted octanol–water partition coefficient (Wildman–Crippen LogP) is 3.31. The Morgan fingerprint density at radius 1 is 1.06 bits per heavy atom. The van der Waals surface area contributed by atoms with Gasteiger partial charge in [0, 0.05) is 5.56 Å². The maximum Gasteiger partial charge on any atom is 0.155 e. The third-order valence-electron chi connectivity index (χ3n) is 2.77. The van der Waals surface area contributed by atoms with Crippen LogP contribution in [0.3, 0.4) is 0 Å². The van der Waals surface area contributed by atoms with E-state index in [9.17, 15) is 4.79 Å². The highest BCUT2D eigenvalue weighted by molar-refractivity contribution is 5.99. The van der Waals surface area contributed by atoms with Gasteiger partial charge in [-0.2, -0.15) is 0 Å². The Morgan fingerprint density at radius 3 is 2.76 bits per heavy atom. The monoisotopic (exact) mass is 223 g/mol. The summed E-state index contributed by atoms with van der Waals surface area (Å²) in [5.74, 6) is 0. The second-order valence-corrected chi connectivity index (χ2v) is 3.76. The van der Waals surface area contributed by atoms with Crippen molar-refractivity contribution in [2.75, 3.05) is 0 Å². The number of rotatable bonds is 2. The molecule has 3 nitrogen and oxygen atoms in total. The molecule has 0 aliphatic carbocycles. The van der Waals surface area contributed by atoms with E-state index in [1.807, 2.05) is 42.5 Å². The molecular weight excluding hydrogens is 214 g/mol. The van der Waals surface area contributed by atoms with Gasteiger partial charge < -0.3 is 4.52 Å². The van der Waals surface area contributed by atoms with Crippen molar-refractivity contribution in [3.8, 4) is 11.3 Å².